The van der Waals surface area contributed by atoms with Gasteiger partial charge in [-0.05, 0) is 18.6 Å². The Labute approximate surface area is 175 Å². The number of rotatable bonds is 6. The molecule has 156 valence electrons. The number of hydrogen-bond donors (Lipinski definition) is 2. The number of ether oxygens (including phenoxy) is 1. The van der Waals surface area contributed by atoms with Crippen molar-refractivity contribution >= 4 is 29.0 Å². The van der Waals surface area contributed by atoms with Crippen LogP contribution in [0.5, 0.6) is 0 Å². The average Bonchev–Trinajstić information content (AvgIpc) is 2.72. The topological polar surface area (TPSA) is 91.1 Å². The number of aromatic nitrogens is 2. The molecular weight excluding hydrogens is 383 g/mol. The van der Waals surface area contributed by atoms with Gasteiger partial charge in [0.1, 0.15) is 30.6 Å². The van der Waals surface area contributed by atoms with Crippen molar-refractivity contribution in [3.05, 3.63) is 53.4 Å². The van der Waals surface area contributed by atoms with Crippen LogP contribution in [-0.4, -0.2) is 59.3 Å². The van der Waals surface area contributed by atoms with E-state index in [9.17, 15) is 4.39 Å². The molecule has 1 aromatic carbocycles. The third-order valence-corrected chi connectivity index (χ3v) is 5.39. The van der Waals surface area contributed by atoms with Crippen LogP contribution in [0.4, 0.5) is 15.9 Å². The number of allylic oxidation sites excluding steroid dienone is 1. The van der Waals surface area contributed by atoms with Crippen molar-refractivity contribution < 1.29 is 13.7 Å². The van der Waals surface area contributed by atoms with E-state index in [0.29, 0.717) is 23.4 Å². The zero-order valence-electron chi connectivity index (χ0n) is 17.2. The summed E-state index contributed by atoms with van der Waals surface area (Å²) in [6, 6.07) is 4.68. The molecule has 0 aliphatic carbocycles. The van der Waals surface area contributed by atoms with Crippen molar-refractivity contribution in [2.24, 2.45) is 0 Å². The SMILES string of the molecule is CCCC1CN(c2cc(C(=N)c3cc(C4=C[N+](C)=C4)c(F)cc3N)ncn2)CCO1. The fourth-order valence-corrected chi connectivity index (χ4v) is 3.81. The van der Waals surface area contributed by atoms with Gasteiger partial charge in [0.05, 0.1) is 24.1 Å². The van der Waals surface area contributed by atoms with Crippen LogP contribution in [0.2, 0.25) is 0 Å². The van der Waals surface area contributed by atoms with Gasteiger partial charge in [0.25, 0.3) is 0 Å². The molecule has 2 aliphatic heterocycles. The summed E-state index contributed by atoms with van der Waals surface area (Å²) in [5.41, 5.74) is 8.50. The van der Waals surface area contributed by atoms with Gasteiger partial charge in [-0.2, -0.15) is 0 Å². The van der Waals surface area contributed by atoms with Gasteiger partial charge in [0, 0.05) is 36.0 Å². The van der Waals surface area contributed by atoms with E-state index < -0.39 is 5.82 Å². The lowest BCUT2D eigenvalue weighted by Gasteiger charge is -2.33. The van der Waals surface area contributed by atoms with Crippen molar-refractivity contribution in [2.75, 3.05) is 37.4 Å². The Morgan fingerprint density at radius 1 is 1.37 bits per heavy atom. The average molecular weight is 409 g/mol. The first kappa shape index (κ1) is 20.2. The first-order valence-electron chi connectivity index (χ1n) is 10.1. The molecule has 1 aromatic heterocycles. The number of nitrogens with two attached hydrogens (primary N) is 1. The molecule has 0 radical (unpaired) electrons. The Morgan fingerprint density at radius 2 is 2.17 bits per heavy atom. The standard InChI is InChI=1S/C22H26FN6O/c1-3-4-15-12-29(5-6-30-15)21-9-20(26-13-27-21)22(25)17-7-16(14-10-28(2)11-14)18(23)8-19(17)24/h7-11,13,15,25H,3-6,12,24H2,1-2H3/q+1. The van der Waals surface area contributed by atoms with Crippen LogP contribution >= 0.6 is 0 Å². The maximum absolute atomic E-state index is 14.4. The van der Waals surface area contributed by atoms with Crippen molar-refractivity contribution in [3.8, 4) is 0 Å². The van der Waals surface area contributed by atoms with Crippen LogP contribution in [0.3, 0.4) is 0 Å². The third kappa shape index (κ3) is 3.95. The molecule has 1 atom stereocenters. The molecule has 3 N–H and O–H groups in total. The number of benzene rings is 1. The first-order valence-corrected chi connectivity index (χ1v) is 10.1. The molecule has 8 heteroatoms. The third-order valence-electron chi connectivity index (χ3n) is 5.39. The van der Waals surface area contributed by atoms with Gasteiger partial charge in [-0.15, -0.1) is 0 Å². The molecule has 0 amide bonds. The van der Waals surface area contributed by atoms with Crippen molar-refractivity contribution in [1.29, 1.82) is 5.41 Å². The number of nitrogen functional groups attached to an aromatic ring is 1. The van der Waals surface area contributed by atoms with Gasteiger partial charge in [0.15, 0.2) is 12.4 Å². The van der Waals surface area contributed by atoms with Gasteiger partial charge in [-0.3, -0.25) is 5.41 Å². The molecule has 7 nitrogen and oxygen atoms in total. The van der Waals surface area contributed by atoms with Crippen molar-refractivity contribution in [1.82, 2.24) is 9.97 Å². The largest absolute Gasteiger partial charge is 0.398 e. The number of morpholine rings is 1. The highest BCUT2D eigenvalue weighted by Gasteiger charge is 2.24. The highest BCUT2D eigenvalue weighted by molar-refractivity contribution is 6.15. The normalized spacial score (nSPS) is 18.5. The Morgan fingerprint density at radius 3 is 2.90 bits per heavy atom. The summed E-state index contributed by atoms with van der Waals surface area (Å²) in [4.78, 5) is 10.8. The highest BCUT2D eigenvalue weighted by Crippen LogP contribution is 2.27. The van der Waals surface area contributed by atoms with Gasteiger partial charge < -0.3 is 15.4 Å². The molecular formula is C22H26FN6O+. The lowest BCUT2D eigenvalue weighted by atomic mass is 9.97. The van der Waals surface area contributed by atoms with E-state index in [2.05, 4.69) is 21.8 Å². The fourth-order valence-electron chi connectivity index (χ4n) is 3.81. The second-order valence-electron chi connectivity index (χ2n) is 7.66. The lowest BCUT2D eigenvalue weighted by molar-refractivity contribution is -0.423. The van der Waals surface area contributed by atoms with Crippen molar-refractivity contribution in [3.63, 3.8) is 0 Å². The van der Waals surface area contributed by atoms with Gasteiger partial charge in [-0.25, -0.2) is 18.9 Å². The zero-order valence-corrected chi connectivity index (χ0v) is 17.2. The van der Waals surface area contributed by atoms with Crippen LogP contribution in [0.25, 0.3) is 5.57 Å². The molecule has 1 unspecified atom stereocenters. The summed E-state index contributed by atoms with van der Waals surface area (Å²) >= 11 is 0. The minimum atomic E-state index is -0.404. The quantitative estimate of drug-likeness (QED) is 0.435. The number of hydrogen-bond acceptors (Lipinski definition) is 6. The van der Waals surface area contributed by atoms with E-state index in [0.717, 1.165) is 37.3 Å². The Kier molecular flexibility index (Phi) is 5.59. The second-order valence-corrected chi connectivity index (χ2v) is 7.66. The Bertz CT molecular complexity index is 1050. The molecule has 1 fully saturated rings. The minimum absolute atomic E-state index is 0.143. The lowest BCUT2D eigenvalue weighted by Crippen LogP contribution is -2.42. The summed E-state index contributed by atoms with van der Waals surface area (Å²) in [5, 5.41) is 8.67. The number of nitrogens with one attached hydrogen (secondary N) is 1. The van der Waals surface area contributed by atoms with Crippen molar-refractivity contribution in [2.45, 2.75) is 25.9 Å². The molecule has 0 spiro atoms. The van der Waals surface area contributed by atoms with E-state index in [1.165, 1.54) is 12.4 Å². The summed E-state index contributed by atoms with van der Waals surface area (Å²) in [5.74, 6) is 0.352. The Hall–Kier alpha value is -3.13. The van der Waals surface area contributed by atoms with E-state index >= 15 is 0 Å². The fraction of sp³-hybridized carbons (Fsp3) is 0.364. The van der Waals surface area contributed by atoms with Gasteiger partial charge in [0.2, 0.25) is 0 Å². The molecule has 0 saturated carbocycles. The zero-order chi connectivity index (χ0) is 21.3. The summed E-state index contributed by atoms with van der Waals surface area (Å²) in [6.07, 6.45) is 7.37. The number of halogens is 1. The monoisotopic (exact) mass is 409 g/mol. The highest BCUT2D eigenvalue weighted by atomic mass is 19.1. The van der Waals surface area contributed by atoms with Crippen LogP contribution < -0.4 is 10.6 Å². The van der Waals surface area contributed by atoms with Gasteiger partial charge >= 0.3 is 0 Å². The van der Waals surface area contributed by atoms with E-state index in [4.69, 9.17) is 15.9 Å². The maximum atomic E-state index is 14.4. The first-order chi connectivity index (χ1) is 14.5. The van der Waals surface area contributed by atoms with Crippen LogP contribution in [-0.2, 0) is 4.74 Å². The molecule has 2 aromatic rings. The predicted octanol–water partition coefficient (Wildman–Crippen LogP) is 2.69. The van der Waals surface area contributed by atoms with Crippen LogP contribution in [0.1, 0.15) is 36.6 Å². The van der Waals surface area contributed by atoms with E-state index in [1.54, 1.807) is 12.1 Å². The molecule has 1 saturated heterocycles. The second kappa shape index (κ2) is 8.31. The Balaban J connectivity index is 1.61. The molecule has 0 bridgehead atoms. The van der Waals surface area contributed by atoms with E-state index in [1.807, 2.05) is 24.0 Å². The summed E-state index contributed by atoms with van der Waals surface area (Å²) < 4.78 is 22.1. The molecule has 4 rings (SSSR count). The predicted molar refractivity (Wildman–Crippen MR) is 116 cm³/mol. The summed E-state index contributed by atoms with van der Waals surface area (Å²) in [6.45, 7) is 4.29. The van der Waals surface area contributed by atoms with Gasteiger partial charge in [-0.1, -0.05) is 13.3 Å². The molecule has 2 aliphatic rings. The van der Waals surface area contributed by atoms with Crippen LogP contribution in [0.15, 0.2) is 30.7 Å². The maximum Gasteiger partial charge on any atom is 0.182 e. The smallest absolute Gasteiger partial charge is 0.182 e. The molecule has 3 heterocycles. The number of nitrogens with zero attached hydrogens (tertiary/aromatic N) is 4. The van der Waals surface area contributed by atoms with Crippen LogP contribution in [0, 0.1) is 11.2 Å². The molecule has 30 heavy (non-hydrogen) atoms. The number of anilines is 2. The summed E-state index contributed by atoms with van der Waals surface area (Å²) in [7, 11) is 1.88. The minimum Gasteiger partial charge on any atom is -0.398 e. The van der Waals surface area contributed by atoms with E-state index in [-0.39, 0.29) is 17.5 Å².